The van der Waals surface area contributed by atoms with Crippen LogP contribution in [0.1, 0.15) is 10.5 Å². The highest BCUT2D eigenvalue weighted by Crippen LogP contribution is 2.21. The summed E-state index contributed by atoms with van der Waals surface area (Å²) in [6.45, 7) is 0. The normalized spacial score (nSPS) is 10.4. The Balaban J connectivity index is 2.27. The lowest BCUT2D eigenvalue weighted by atomic mass is 10.2. The molecule has 0 aliphatic heterocycles. The average Bonchev–Trinajstić information content (AvgIpc) is 2.70. The molecule has 94 valence electrons. The van der Waals surface area contributed by atoms with Crippen LogP contribution in [-0.4, -0.2) is 10.9 Å². The number of benzene rings is 1. The lowest BCUT2D eigenvalue weighted by Crippen LogP contribution is -2.14. The minimum Gasteiger partial charge on any atom is -0.397 e. The van der Waals surface area contributed by atoms with E-state index in [0.29, 0.717) is 17.8 Å². The monoisotopic (exact) mass is 255 g/mol. The Morgan fingerprint density at radius 1 is 1.17 bits per heavy atom. The lowest BCUT2D eigenvalue weighted by Gasteiger charge is -2.06. The van der Waals surface area contributed by atoms with Crippen molar-refractivity contribution in [1.82, 2.24) is 4.98 Å². The van der Waals surface area contributed by atoms with Gasteiger partial charge in [0.1, 0.15) is 17.2 Å². The molecule has 1 aromatic carbocycles. The number of H-pyrrole nitrogens is 1. The van der Waals surface area contributed by atoms with Crippen LogP contribution < -0.4 is 11.1 Å². The van der Waals surface area contributed by atoms with E-state index in [1.807, 2.05) is 5.32 Å². The quantitative estimate of drug-likeness (QED) is 0.770. The SMILES string of the molecule is Nc1c[nH]c(C(=O)Nc2c(F)cc(F)cc2F)c1. The van der Waals surface area contributed by atoms with Crippen molar-refractivity contribution in [2.45, 2.75) is 0 Å². The number of amides is 1. The lowest BCUT2D eigenvalue weighted by molar-refractivity contribution is 0.102. The highest BCUT2D eigenvalue weighted by atomic mass is 19.1. The number of aromatic amines is 1. The van der Waals surface area contributed by atoms with E-state index in [1.54, 1.807) is 0 Å². The van der Waals surface area contributed by atoms with E-state index in [2.05, 4.69) is 4.98 Å². The summed E-state index contributed by atoms with van der Waals surface area (Å²) in [5, 5.41) is 1.99. The van der Waals surface area contributed by atoms with Gasteiger partial charge in [0.05, 0.1) is 0 Å². The van der Waals surface area contributed by atoms with Crippen molar-refractivity contribution in [1.29, 1.82) is 0 Å². The fourth-order valence-corrected chi connectivity index (χ4v) is 1.38. The molecule has 1 aromatic heterocycles. The van der Waals surface area contributed by atoms with Crippen LogP contribution in [0.25, 0.3) is 0 Å². The van der Waals surface area contributed by atoms with Gasteiger partial charge in [-0.15, -0.1) is 0 Å². The summed E-state index contributed by atoms with van der Waals surface area (Å²) in [5.41, 5.74) is 5.01. The Hall–Kier alpha value is -2.44. The molecule has 0 aliphatic rings. The van der Waals surface area contributed by atoms with Crippen molar-refractivity contribution in [3.63, 3.8) is 0 Å². The summed E-state index contributed by atoms with van der Waals surface area (Å²) in [4.78, 5) is 14.1. The summed E-state index contributed by atoms with van der Waals surface area (Å²) < 4.78 is 39.2. The highest BCUT2D eigenvalue weighted by molar-refractivity contribution is 6.03. The fraction of sp³-hybridized carbons (Fsp3) is 0. The smallest absolute Gasteiger partial charge is 0.272 e. The third-order valence-electron chi connectivity index (χ3n) is 2.20. The van der Waals surface area contributed by atoms with Gasteiger partial charge >= 0.3 is 0 Å². The highest BCUT2D eigenvalue weighted by Gasteiger charge is 2.16. The number of rotatable bonds is 2. The zero-order valence-electron chi connectivity index (χ0n) is 8.93. The van der Waals surface area contributed by atoms with Crippen LogP contribution in [0.5, 0.6) is 0 Å². The molecule has 2 rings (SSSR count). The molecule has 0 saturated carbocycles. The van der Waals surface area contributed by atoms with Gasteiger partial charge in [0, 0.05) is 24.0 Å². The zero-order chi connectivity index (χ0) is 13.3. The second-order valence-electron chi connectivity index (χ2n) is 3.55. The molecular formula is C11H8F3N3O. The average molecular weight is 255 g/mol. The topological polar surface area (TPSA) is 70.9 Å². The number of hydrogen-bond acceptors (Lipinski definition) is 2. The Labute approximate surface area is 99.6 Å². The number of nitrogen functional groups attached to an aromatic ring is 1. The van der Waals surface area contributed by atoms with Gasteiger partial charge < -0.3 is 16.0 Å². The molecule has 4 N–H and O–H groups in total. The maximum Gasteiger partial charge on any atom is 0.272 e. The van der Waals surface area contributed by atoms with E-state index < -0.39 is 29.0 Å². The molecule has 0 bridgehead atoms. The maximum absolute atomic E-state index is 13.3. The van der Waals surface area contributed by atoms with Crippen LogP contribution in [0.4, 0.5) is 24.5 Å². The molecule has 0 radical (unpaired) electrons. The van der Waals surface area contributed by atoms with E-state index >= 15 is 0 Å². The second-order valence-corrected chi connectivity index (χ2v) is 3.55. The molecule has 0 saturated heterocycles. The third-order valence-corrected chi connectivity index (χ3v) is 2.20. The van der Waals surface area contributed by atoms with Gasteiger partial charge in [0.15, 0.2) is 11.6 Å². The molecule has 0 atom stereocenters. The Kier molecular flexibility index (Phi) is 2.97. The van der Waals surface area contributed by atoms with Crippen LogP contribution >= 0.6 is 0 Å². The number of anilines is 2. The first kappa shape index (κ1) is 12.0. The largest absolute Gasteiger partial charge is 0.397 e. The van der Waals surface area contributed by atoms with Crippen molar-refractivity contribution in [3.8, 4) is 0 Å². The van der Waals surface area contributed by atoms with Gasteiger partial charge in [-0.2, -0.15) is 0 Å². The summed E-state index contributed by atoms with van der Waals surface area (Å²) in [5.74, 6) is -4.23. The van der Waals surface area contributed by atoms with Crippen LogP contribution in [0.15, 0.2) is 24.4 Å². The predicted molar refractivity (Wildman–Crippen MR) is 59.5 cm³/mol. The number of nitrogens with one attached hydrogen (secondary N) is 2. The van der Waals surface area contributed by atoms with Crippen LogP contribution in [0.3, 0.4) is 0 Å². The van der Waals surface area contributed by atoms with Crippen LogP contribution in [0, 0.1) is 17.5 Å². The Bertz CT molecular complexity index is 586. The fourth-order valence-electron chi connectivity index (χ4n) is 1.38. The molecule has 7 heteroatoms. The van der Waals surface area contributed by atoms with Gasteiger partial charge in [-0.3, -0.25) is 4.79 Å². The molecule has 0 aliphatic carbocycles. The zero-order valence-corrected chi connectivity index (χ0v) is 8.93. The van der Waals surface area contributed by atoms with Gasteiger partial charge in [0.2, 0.25) is 0 Å². The van der Waals surface area contributed by atoms with Crippen molar-refractivity contribution in [3.05, 3.63) is 47.5 Å². The standard InChI is InChI=1S/C11H8F3N3O/c12-5-1-7(13)10(8(14)2-5)17-11(18)9-3-6(15)4-16-9/h1-4,16H,15H2,(H,17,18). The van der Waals surface area contributed by atoms with E-state index in [0.717, 1.165) is 0 Å². The molecule has 4 nitrogen and oxygen atoms in total. The number of carbonyl (C=O) groups is 1. The van der Waals surface area contributed by atoms with Gasteiger partial charge in [-0.25, -0.2) is 13.2 Å². The Morgan fingerprint density at radius 3 is 2.28 bits per heavy atom. The summed E-state index contributed by atoms with van der Waals surface area (Å²) in [6.07, 6.45) is 1.35. The van der Waals surface area contributed by atoms with E-state index in [4.69, 9.17) is 5.73 Å². The van der Waals surface area contributed by atoms with Crippen LogP contribution in [0.2, 0.25) is 0 Å². The van der Waals surface area contributed by atoms with Gasteiger partial charge in [-0.05, 0) is 6.07 Å². The molecule has 18 heavy (non-hydrogen) atoms. The first-order valence-corrected chi connectivity index (χ1v) is 4.87. The third kappa shape index (κ3) is 2.29. The minimum atomic E-state index is -1.19. The summed E-state index contributed by atoms with van der Waals surface area (Å²) in [6, 6.07) is 2.25. The number of aromatic nitrogens is 1. The first-order chi connectivity index (χ1) is 8.47. The number of hydrogen-bond donors (Lipinski definition) is 3. The molecule has 0 unspecified atom stereocenters. The maximum atomic E-state index is 13.3. The summed E-state index contributed by atoms with van der Waals surface area (Å²) in [7, 11) is 0. The van der Waals surface area contributed by atoms with Gasteiger partial charge in [-0.1, -0.05) is 0 Å². The van der Waals surface area contributed by atoms with E-state index in [9.17, 15) is 18.0 Å². The van der Waals surface area contributed by atoms with E-state index in [1.165, 1.54) is 12.3 Å². The predicted octanol–water partition coefficient (Wildman–Crippen LogP) is 2.27. The molecule has 0 fully saturated rings. The number of carbonyl (C=O) groups excluding carboxylic acids is 1. The minimum absolute atomic E-state index is 0.0376. The van der Waals surface area contributed by atoms with Crippen molar-refractivity contribution in [2.24, 2.45) is 0 Å². The van der Waals surface area contributed by atoms with E-state index in [-0.39, 0.29) is 5.69 Å². The number of nitrogens with two attached hydrogens (primary N) is 1. The molecule has 0 spiro atoms. The molecule has 1 heterocycles. The first-order valence-electron chi connectivity index (χ1n) is 4.87. The Morgan fingerprint density at radius 2 is 1.78 bits per heavy atom. The summed E-state index contributed by atoms with van der Waals surface area (Å²) >= 11 is 0. The van der Waals surface area contributed by atoms with Crippen molar-refractivity contribution in [2.75, 3.05) is 11.1 Å². The van der Waals surface area contributed by atoms with Gasteiger partial charge in [0.25, 0.3) is 5.91 Å². The molecular weight excluding hydrogens is 247 g/mol. The van der Waals surface area contributed by atoms with Crippen molar-refractivity contribution >= 4 is 17.3 Å². The number of halogens is 3. The molecule has 2 aromatic rings. The molecule has 1 amide bonds. The second kappa shape index (κ2) is 4.44. The van der Waals surface area contributed by atoms with Crippen molar-refractivity contribution < 1.29 is 18.0 Å². The van der Waals surface area contributed by atoms with Crippen LogP contribution in [-0.2, 0) is 0 Å².